The highest BCUT2D eigenvalue weighted by molar-refractivity contribution is 9.10. The molecule has 0 radical (unpaired) electrons. The Morgan fingerprint density at radius 3 is 2.52 bits per heavy atom. The van der Waals surface area contributed by atoms with Crippen molar-refractivity contribution < 1.29 is 9.53 Å². The van der Waals surface area contributed by atoms with Gasteiger partial charge in [0.2, 0.25) is 5.91 Å². The molecular weight excluding hydrogens is 378 g/mol. The zero-order valence-electron chi connectivity index (χ0n) is 14.2. The number of allylic oxidation sites excluding steroid dienone is 3. The molecule has 25 heavy (non-hydrogen) atoms. The molecule has 0 bridgehead atoms. The van der Waals surface area contributed by atoms with Crippen molar-refractivity contribution in [2.75, 3.05) is 7.11 Å². The van der Waals surface area contributed by atoms with Crippen LogP contribution in [0.25, 0.3) is 6.08 Å². The quantitative estimate of drug-likeness (QED) is 0.514. The number of methoxy groups -OCH3 is 1. The maximum absolute atomic E-state index is 12.1. The zero-order chi connectivity index (χ0) is 17.9. The molecular formula is C21H22BrNO2. The summed E-state index contributed by atoms with van der Waals surface area (Å²) < 4.78 is 5.12. The van der Waals surface area contributed by atoms with Crippen LogP contribution >= 0.6 is 15.9 Å². The molecule has 0 aliphatic carbocycles. The molecule has 1 atom stereocenters. The van der Waals surface area contributed by atoms with E-state index in [9.17, 15) is 4.79 Å². The Morgan fingerprint density at radius 2 is 1.84 bits per heavy atom. The first kappa shape index (κ1) is 19.0. The number of alkyl halides is 1. The summed E-state index contributed by atoms with van der Waals surface area (Å²) in [7, 11) is 1.63. The summed E-state index contributed by atoms with van der Waals surface area (Å²) in [5.41, 5.74) is 2.19. The molecule has 130 valence electrons. The Kier molecular flexibility index (Phi) is 7.99. The van der Waals surface area contributed by atoms with Crippen molar-refractivity contribution in [3.8, 4) is 5.75 Å². The minimum absolute atomic E-state index is 0.0208. The van der Waals surface area contributed by atoms with Gasteiger partial charge in [-0.3, -0.25) is 4.79 Å². The van der Waals surface area contributed by atoms with Gasteiger partial charge in [-0.15, -0.1) is 0 Å². The average molecular weight is 400 g/mol. The molecule has 0 saturated carbocycles. The number of halogens is 1. The minimum Gasteiger partial charge on any atom is -0.497 e. The topological polar surface area (TPSA) is 38.3 Å². The summed E-state index contributed by atoms with van der Waals surface area (Å²) in [6.07, 6.45) is 8.57. The van der Waals surface area contributed by atoms with Gasteiger partial charge in [0.05, 0.1) is 11.9 Å². The second-order valence-corrected chi connectivity index (χ2v) is 6.57. The van der Waals surface area contributed by atoms with Crippen LogP contribution in [-0.4, -0.2) is 17.8 Å². The molecule has 0 aliphatic rings. The Morgan fingerprint density at radius 1 is 1.12 bits per heavy atom. The molecule has 2 aromatic rings. The molecule has 0 spiro atoms. The fourth-order valence-corrected chi connectivity index (χ4v) is 2.54. The van der Waals surface area contributed by atoms with Gasteiger partial charge in [0, 0.05) is 6.54 Å². The van der Waals surface area contributed by atoms with Crippen molar-refractivity contribution >= 4 is 27.9 Å². The normalized spacial score (nSPS) is 12.4. The zero-order valence-corrected chi connectivity index (χ0v) is 15.8. The lowest BCUT2D eigenvalue weighted by molar-refractivity contribution is -0.120. The fraction of sp³-hybridized carbons (Fsp3) is 0.190. The van der Waals surface area contributed by atoms with E-state index in [1.807, 2.05) is 78.9 Å². The summed E-state index contributed by atoms with van der Waals surface area (Å²) in [5.74, 6) is 0.787. The molecule has 0 heterocycles. The van der Waals surface area contributed by atoms with Crippen molar-refractivity contribution in [2.45, 2.75) is 17.8 Å². The first-order chi connectivity index (χ1) is 12.2. The van der Waals surface area contributed by atoms with Crippen molar-refractivity contribution in [3.63, 3.8) is 0 Å². The number of hydrogen-bond donors (Lipinski definition) is 1. The standard InChI is InChI=1S/C21H22BrNO2/c1-25-19-14-12-18(13-15-19)16-23-21(24)20(22)11-7-3-6-10-17-8-4-2-5-9-17/h2-10,12-15,20H,11,16H2,1H3,(H,23,24)/b7-3+,10-6+. The van der Waals surface area contributed by atoms with E-state index in [0.29, 0.717) is 13.0 Å². The Bertz CT molecular complexity index is 708. The highest BCUT2D eigenvalue weighted by Crippen LogP contribution is 2.12. The summed E-state index contributed by atoms with van der Waals surface area (Å²) in [5, 5.41) is 2.92. The maximum Gasteiger partial charge on any atom is 0.234 e. The van der Waals surface area contributed by atoms with Gasteiger partial charge in [-0.25, -0.2) is 0 Å². The van der Waals surface area contributed by atoms with Gasteiger partial charge < -0.3 is 10.1 Å². The van der Waals surface area contributed by atoms with Crippen molar-refractivity contribution in [1.82, 2.24) is 5.32 Å². The van der Waals surface area contributed by atoms with Crippen LogP contribution in [0.15, 0.2) is 72.8 Å². The number of nitrogens with one attached hydrogen (secondary N) is 1. The third kappa shape index (κ3) is 6.98. The van der Waals surface area contributed by atoms with E-state index in [0.717, 1.165) is 16.9 Å². The lowest BCUT2D eigenvalue weighted by Crippen LogP contribution is -2.30. The largest absolute Gasteiger partial charge is 0.497 e. The SMILES string of the molecule is COc1ccc(CNC(=O)C(Br)C/C=C/C=C/c2ccccc2)cc1. The molecule has 0 aliphatic heterocycles. The van der Waals surface area contributed by atoms with Crippen LogP contribution in [-0.2, 0) is 11.3 Å². The van der Waals surface area contributed by atoms with Gasteiger partial charge in [0.15, 0.2) is 0 Å². The monoisotopic (exact) mass is 399 g/mol. The van der Waals surface area contributed by atoms with E-state index in [1.54, 1.807) is 7.11 Å². The smallest absolute Gasteiger partial charge is 0.234 e. The third-order valence-corrected chi connectivity index (χ3v) is 4.38. The van der Waals surface area contributed by atoms with E-state index >= 15 is 0 Å². The first-order valence-electron chi connectivity index (χ1n) is 8.12. The van der Waals surface area contributed by atoms with E-state index in [2.05, 4.69) is 21.2 Å². The first-order valence-corrected chi connectivity index (χ1v) is 9.03. The molecule has 3 nitrogen and oxygen atoms in total. The van der Waals surface area contributed by atoms with E-state index < -0.39 is 0 Å². The molecule has 4 heteroatoms. The van der Waals surface area contributed by atoms with Crippen molar-refractivity contribution in [2.24, 2.45) is 0 Å². The summed E-state index contributed by atoms with van der Waals surface area (Å²) in [6, 6.07) is 17.7. The predicted octanol–water partition coefficient (Wildman–Crippen LogP) is 4.73. The van der Waals surface area contributed by atoms with Gasteiger partial charge in [0.25, 0.3) is 0 Å². The Labute approximate surface area is 157 Å². The molecule has 0 saturated heterocycles. The summed E-state index contributed by atoms with van der Waals surface area (Å²) in [4.78, 5) is 11.8. The van der Waals surface area contributed by atoms with Crippen LogP contribution in [0.1, 0.15) is 17.5 Å². The fourth-order valence-electron chi connectivity index (χ4n) is 2.16. The van der Waals surface area contributed by atoms with Crippen LogP contribution in [0.3, 0.4) is 0 Å². The second kappa shape index (κ2) is 10.5. The number of rotatable bonds is 8. The number of hydrogen-bond acceptors (Lipinski definition) is 2. The van der Waals surface area contributed by atoms with Gasteiger partial charge in [-0.2, -0.15) is 0 Å². The predicted molar refractivity (Wildman–Crippen MR) is 107 cm³/mol. The third-order valence-electron chi connectivity index (χ3n) is 3.59. The number of ether oxygens (including phenoxy) is 1. The van der Waals surface area contributed by atoms with E-state index in [4.69, 9.17) is 4.74 Å². The van der Waals surface area contributed by atoms with Gasteiger partial charge in [0.1, 0.15) is 5.75 Å². The van der Waals surface area contributed by atoms with Crippen molar-refractivity contribution in [1.29, 1.82) is 0 Å². The Hall–Kier alpha value is -2.33. The number of benzene rings is 2. The van der Waals surface area contributed by atoms with Gasteiger partial charge in [-0.1, -0.05) is 82.7 Å². The molecule has 1 unspecified atom stereocenters. The highest BCUT2D eigenvalue weighted by atomic mass is 79.9. The number of amides is 1. The molecule has 2 aromatic carbocycles. The Balaban J connectivity index is 1.72. The number of carbonyl (C=O) groups is 1. The molecule has 0 fully saturated rings. The van der Waals surface area contributed by atoms with Crippen molar-refractivity contribution in [3.05, 3.63) is 84.0 Å². The molecule has 0 aromatic heterocycles. The van der Waals surface area contributed by atoms with E-state index in [-0.39, 0.29) is 10.7 Å². The lowest BCUT2D eigenvalue weighted by Gasteiger charge is -2.09. The maximum atomic E-state index is 12.1. The van der Waals surface area contributed by atoms with Gasteiger partial charge >= 0.3 is 0 Å². The van der Waals surface area contributed by atoms with Crippen LogP contribution in [0, 0.1) is 0 Å². The van der Waals surface area contributed by atoms with Crippen LogP contribution in [0.4, 0.5) is 0 Å². The van der Waals surface area contributed by atoms with Crippen LogP contribution in [0.5, 0.6) is 5.75 Å². The average Bonchev–Trinajstić information content (AvgIpc) is 2.66. The second-order valence-electron chi connectivity index (χ2n) is 5.47. The number of carbonyl (C=O) groups excluding carboxylic acids is 1. The minimum atomic E-state index is -0.243. The summed E-state index contributed by atoms with van der Waals surface area (Å²) >= 11 is 3.43. The summed E-state index contributed by atoms with van der Waals surface area (Å²) in [6.45, 7) is 0.503. The molecule has 2 rings (SSSR count). The molecule has 1 amide bonds. The highest BCUT2D eigenvalue weighted by Gasteiger charge is 2.12. The van der Waals surface area contributed by atoms with Crippen LogP contribution in [0.2, 0.25) is 0 Å². The lowest BCUT2D eigenvalue weighted by atomic mass is 10.2. The van der Waals surface area contributed by atoms with E-state index in [1.165, 1.54) is 0 Å². The van der Waals surface area contributed by atoms with Crippen LogP contribution < -0.4 is 10.1 Å². The molecule has 1 N–H and O–H groups in total. The van der Waals surface area contributed by atoms with Gasteiger partial charge in [-0.05, 0) is 29.7 Å².